The largest absolute Gasteiger partial charge is 0.493 e. The van der Waals surface area contributed by atoms with Crippen LogP contribution in [-0.2, 0) is 0 Å². The van der Waals surface area contributed by atoms with Crippen LogP contribution in [0.25, 0.3) is 0 Å². The lowest BCUT2D eigenvalue weighted by Crippen LogP contribution is -2.24. The molecule has 0 bridgehead atoms. The highest BCUT2D eigenvalue weighted by molar-refractivity contribution is 5.97. The molecule has 0 aliphatic heterocycles. The van der Waals surface area contributed by atoms with Gasteiger partial charge in [-0.15, -0.1) is 0 Å². The molecule has 1 N–H and O–H groups in total. The molecule has 0 atom stereocenters. The lowest BCUT2D eigenvalue weighted by molar-refractivity contribution is 0.0955. The first kappa shape index (κ1) is 15.6. The Morgan fingerprint density at radius 2 is 1.91 bits per heavy atom. The number of nitrogens with one attached hydrogen (secondary N) is 1. The molecule has 2 aromatic carbocycles. The summed E-state index contributed by atoms with van der Waals surface area (Å²) in [5, 5.41) is 2.67. The van der Waals surface area contributed by atoms with E-state index in [0.29, 0.717) is 23.5 Å². The van der Waals surface area contributed by atoms with E-state index in [0.717, 1.165) is 0 Å². The van der Waals surface area contributed by atoms with Crippen molar-refractivity contribution in [3.63, 3.8) is 0 Å². The number of para-hydroxylation sites is 1. The van der Waals surface area contributed by atoms with Gasteiger partial charge in [0.1, 0.15) is 11.6 Å². The van der Waals surface area contributed by atoms with Gasteiger partial charge in [-0.3, -0.25) is 4.79 Å². The summed E-state index contributed by atoms with van der Waals surface area (Å²) in [6.45, 7) is 2.47. The Morgan fingerprint density at radius 1 is 1.18 bits per heavy atom. The number of amides is 1. The molecule has 0 spiro atoms. The van der Waals surface area contributed by atoms with E-state index in [1.165, 1.54) is 6.07 Å². The molecule has 1 amide bonds. The van der Waals surface area contributed by atoms with Gasteiger partial charge in [-0.05, 0) is 31.2 Å². The number of ether oxygens (including phenoxy) is 1. The summed E-state index contributed by atoms with van der Waals surface area (Å²) in [4.78, 5) is 12.1. The topological polar surface area (TPSA) is 38.3 Å². The van der Waals surface area contributed by atoms with E-state index in [4.69, 9.17) is 4.74 Å². The van der Waals surface area contributed by atoms with Crippen LogP contribution in [-0.4, -0.2) is 19.1 Å². The minimum absolute atomic E-state index is 0.133. The number of hydrogen-bond acceptors (Lipinski definition) is 2. The molecule has 2 aromatic rings. The number of benzene rings is 2. The van der Waals surface area contributed by atoms with Crippen LogP contribution in [0, 0.1) is 17.7 Å². The van der Waals surface area contributed by atoms with Gasteiger partial charge in [0.05, 0.1) is 24.3 Å². The van der Waals surface area contributed by atoms with Crippen molar-refractivity contribution in [3.05, 3.63) is 65.5 Å². The smallest absolute Gasteiger partial charge is 0.255 e. The first-order valence-corrected chi connectivity index (χ1v) is 6.95. The Balaban J connectivity index is 1.98. The minimum Gasteiger partial charge on any atom is -0.493 e. The molecular weight excluding hydrogens is 281 g/mol. The van der Waals surface area contributed by atoms with E-state index in [9.17, 15) is 9.18 Å². The zero-order valence-corrected chi connectivity index (χ0v) is 12.2. The molecule has 0 heterocycles. The third-order valence-corrected chi connectivity index (χ3v) is 2.87. The maximum absolute atomic E-state index is 13.4. The van der Waals surface area contributed by atoms with Crippen molar-refractivity contribution in [1.29, 1.82) is 0 Å². The maximum atomic E-state index is 13.4. The van der Waals surface area contributed by atoms with Crippen LogP contribution in [0.2, 0.25) is 0 Å². The molecular formula is C18H16FNO2. The summed E-state index contributed by atoms with van der Waals surface area (Å²) in [7, 11) is 0. The first-order chi connectivity index (χ1) is 10.7. The molecule has 2 rings (SSSR count). The van der Waals surface area contributed by atoms with Gasteiger partial charge in [0.25, 0.3) is 5.91 Å². The molecule has 22 heavy (non-hydrogen) atoms. The highest BCUT2D eigenvalue weighted by Crippen LogP contribution is 2.17. The van der Waals surface area contributed by atoms with Crippen LogP contribution in [0.4, 0.5) is 4.39 Å². The third-order valence-electron chi connectivity index (χ3n) is 2.87. The summed E-state index contributed by atoms with van der Waals surface area (Å²) in [6.07, 6.45) is 0. The molecule has 0 aliphatic carbocycles. The average Bonchev–Trinajstić information content (AvgIpc) is 2.54. The van der Waals surface area contributed by atoms with Gasteiger partial charge in [0, 0.05) is 0 Å². The van der Waals surface area contributed by atoms with E-state index in [1.807, 2.05) is 6.92 Å². The monoisotopic (exact) mass is 297 g/mol. The molecule has 0 unspecified atom stereocenters. The zero-order valence-electron chi connectivity index (χ0n) is 12.2. The van der Waals surface area contributed by atoms with Crippen molar-refractivity contribution in [2.24, 2.45) is 0 Å². The fourth-order valence-electron chi connectivity index (χ4n) is 1.86. The Hall–Kier alpha value is -2.80. The van der Waals surface area contributed by atoms with Gasteiger partial charge in [0.2, 0.25) is 0 Å². The zero-order chi connectivity index (χ0) is 15.8. The number of hydrogen-bond donors (Lipinski definition) is 1. The second kappa shape index (κ2) is 7.84. The molecule has 4 heteroatoms. The molecule has 112 valence electrons. The summed E-state index contributed by atoms with van der Waals surface area (Å²) in [5.41, 5.74) is 0.767. The molecule has 0 aromatic heterocycles. The quantitative estimate of drug-likeness (QED) is 0.881. The van der Waals surface area contributed by atoms with Crippen molar-refractivity contribution < 1.29 is 13.9 Å². The van der Waals surface area contributed by atoms with Crippen LogP contribution < -0.4 is 10.1 Å². The van der Waals surface area contributed by atoms with Gasteiger partial charge in [-0.2, -0.15) is 0 Å². The fraction of sp³-hybridized carbons (Fsp3) is 0.167. The van der Waals surface area contributed by atoms with E-state index in [-0.39, 0.29) is 18.3 Å². The van der Waals surface area contributed by atoms with Gasteiger partial charge >= 0.3 is 0 Å². The van der Waals surface area contributed by atoms with E-state index < -0.39 is 0 Å². The Bertz CT molecular complexity index is 716. The summed E-state index contributed by atoms with van der Waals surface area (Å²) in [5.74, 6) is 5.31. The summed E-state index contributed by atoms with van der Waals surface area (Å²) >= 11 is 0. The van der Waals surface area contributed by atoms with Gasteiger partial charge in [-0.25, -0.2) is 4.39 Å². The first-order valence-electron chi connectivity index (χ1n) is 6.95. The van der Waals surface area contributed by atoms with Crippen molar-refractivity contribution >= 4 is 5.91 Å². The Labute approximate surface area is 129 Å². The van der Waals surface area contributed by atoms with Crippen LogP contribution in [0.15, 0.2) is 48.5 Å². The van der Waals surface area contributed by atoms with Crippen LogP contribution in [0.5, 0.6) is 5.75 Å². The normalized spacial score (nSPS) is 9.55. The van der Waals surface area contributed by atoms with E-state index >= 15 is 0 Å². The number of carbonyl (C=O) groups excluding carboxylic acids is 1. The highest BCUT2D eigenvalue weighted by atomic mass is 19.1. The predicted molar refractivity (Wildman–Crippen MR) is 83.2 cm³/mol. The van der Waals surface area contributed by atoms with Crippen molar-refractivity contribution in [1.82, 2.24) is 5.32 Å². The van der Waals surface area contributed by atoms with Crippen molar-refractivity contribution in [2.75, 3.05) is 13.2 Å². The van der Waals surface area contributed by atoms with E-state index in [2.05, 4.69) is 17.2 Å². The maximum Gasteiger partial charge on any atom is 0.255 e. The standard InChI is InChI=1S/C18H16FNO2/c1-2-22-17-12-6-4-10-15(17)18(21)20-13-7-9-14-8-3-5-11-16(14)19/h3-6,8,10-12H,2,13H2,1H3,(H,20,21). The third kappa shape index (κ3) is 4.10. The molecule has 0 radical (unpaired) electrons. The lowest BCUT2D eigenvalue weighted by Gasteiger charge is -2.08. The highest BCUT2D eigenvalue weighted by Gasteiger charge is 2.10. The Kier molecular flexibility index (Phi) is 5.56. The van der Waals surface area contributed by atoms with Gasteiger partial charge in [-0.1, -0.05) is 36.1 Å². The SMILES string of the molecule is CCOc1ccccc1C(=O)NCC#Cc1ccccc1F. The molecule has 0 saturated carbocycles. The van der Waals surface area contributed by atoms with Crippen molar-refractivity contribution in [3.8, 4) is 17.6 Å². The van der Waals surface area contributed by atoms with Gasteiger partial charge in [0.15, 0.2) is 0 Å². The van der Waals surface area contributed by atoms with Crippen LogP contribution >= 0.6 is 0 Å². The average molecular weight is 297 g/mol. The predicted octanol–water partition coefficient (Wildman–Crippen LogP) is 3.01. The molecule has 0 aliphatic rings. The second-order valence-electron chi connectivity index (χ2n) is 4.39. The van der Waals surface area contributed by atoms with Gasteiger partial charge < -0.3 is 10.1 Å². The fourth-order valence-corrected chi connectivity index (χ4v) is 1.86. The summed E-state index contributed by atoms with van der Waals surface area (Å²) in [6, 6.07) is 13.3. The second-order valence-corrected chi connectivity index (χ2v) is 4.39. The number of rotatable bonds is 4. The minimum atomic E-state index is -0.372. The van der Waals surface area contributed by atoms with Crippen LogP contribution in [0.3, 0.4) is 0 Å². The summed E-state index contributed by atoms with van der Waals surface area (Å²) < 4.78 is 18.8. The number of carbonyl (C=O) groups is 1. The molecule has 3 nitrogen and oxygen atoms in total. The molecule has 0 saturated heterocycles. The Morgan fingerprint density at radius 3 is 2.68 bits per heavy atom. The number of halogens is 1. The lowest BCUT2D eigenvalue weighted by atomic mass is 10.2. The van der Waals surface area contributed by atoms with Crippen LogP contribution in [0.1, 0.15) is 22.8 Å². The van der Waals surface area contributed by atoms with E-state index in [1.54, 1.807) is 42.5 Å². The van der Waals surface area contributed by atoms with Crippen molar-refractivity contribution in [2.45, 2.75) is 6.92 Å². The molecule has 0 fully saturated rings.